The lowest BCUT2D eigenvalue weighted by Gasteiger charge is -2.33. The molecule has 1 N–H and O–H groups in total. The summed E-state index contributed by atoms with van der Waals surface area (Å²) in [6.45, 7) is 2.82. The van der Waals surface area contributed by atoms with E-state index in [0.29, 0.717) is 13.1 Å². The van der Waals surface area contributed by atoms with Gasteiger partial charge in [-0.25, -0.2) is 4.79 Å². The van der Waals surface area contributed by atoms with E-state index in [1.807, 2.05) is 18.2 Å². The molecule has 0 radical (unpaired) electrons. The number of piperidine rings is 1. The molecule has 2 aromatic rings. The first-order valence-corrected chi connectivity index (χ1v) is 9.80. The third-order valence-electron chi connectivity index (χ3n) is 5.57. The fourth-order valence-corrected chi connectivity index (χ4v) is 3.98. The maximum atomic E-state index is 12.7. The number of halogens is 3. The average molecular weight is 404 g/mol. The van der Waals surface area contributed by atoms with E-state index in [0.717, 1.165) is 49.7 Å². The predicted molar refractivity (Wildman–Crippen MR) is 104 cm³/mol. The molecule has 2 aliphatic rings. The molecule has 5 nitrogen and oxygen atoms in total. The number of nitrogens with one attached hydrogen (secondary N) is 1. The molecule has 0 unspecified atom stereocenters. The standard InChI is InChI=1S/C21H23F3N4O/c22-21(23,24)19-6-5-15(13-25-19)14-27-10-8-17(9-11-27)26-20(29)28-12-7-16-3-1-2-4-18(16)28/h1-6,13,17H,7-12,14H2,(H,26,29). The van der Waals surface area contributed by atoms with Gasteiger partial charge in [0.25, 0.3) is 0 Å². The Bertz CT molecular complexity index is 861. The summed E-state index contributed by atoms with van der Waals surface area (Å²) in [6, 6.07) is 10.5. The Kier molecular flexibility index (Phi) is 5.45. The Morgan fingerprint density at radius 1 is 1.10 bits per heavy atom. The minimum Gasteiger partial charge on any atom is -0.335 e. The van der Waals surface area contributed by atoms with E-state index >= 15 is 0 Å². The van der Waals surface area contributed by atoms with E-state index in [9.17, 15) is 18.0 Å². The molecule has 154 valence electrons. The first-order chi connectivity index (χ1) is 13.9. The van der Waals surface area contributed by atoms with Crippen LogP contribution in [0.25, 0.3) is 0 Å². The second kappa shape index (κ2) is 8.02. The molecule has 2 amide bonds. The summed E-state index contributed by atoms with van der Waals surface area (Å²) >= 11 is 0. The van der Waals surface area contributed by atoms with Gasteiger partial charge in [-0.2, -0.15) is 13.2 Å². The number of carbonyl (C=O) groups is 1. The van der Waals surface area contributed by atoms with E-state index < -0.39 is 11.9 Å². The number of anilines is 1. The first kappa shape index (κ1) is 19.7. The van der Waals surface area contributed by atoms with Crippen LogP contribution in [0.3, 0.4) is 0 Å². The highest BCUT2D eigenvalue weighted by Crippen LogP contribution is 2.28. The normalized spacial score (nSPS) is 18.0. The molecule has 29 heavy (non-hydrogen) atoms. The number of fused-ring (bicyclic) bond motifs is 1. The SMILES string of the molecule is O=C(NC1CCN(Cc2ccc(C(F)(F)F)nc2)CC1)N1CCc2ccccc21. The topological polar surface area (TPSA) is 48.5 Å². The summed E-state index contributed by atoms with van der Waals surface area (Å²) in [6.07, 6.45) is -0.611. The largest absolute Gasteiger partial charge is 0.433 e. The molecule has 0 atom stereocenters. The molecule has 1 fully saturated rings. The number of carbonyl (C=O) groups excluding carboxylic acids is 1. The summed E-state index contributed by atoms with van der Waals surface area (Å²) in [7, 11) is 0. The van der Waals surface area contributed by atoms with E-state index in [1.54, 1.807) is 4.90 Å². The van der Waals surface area contributed by atoms with Gasteiger partial charge in [-0.15, -0.1) is 0 Å². The van der Waals surface area contributed by atoms with Gasteiger partial charge >= 0.3 is 12.2 Å². The van der Waals surface area contributed by atoms with E-state index in [-0.39, 0.29) is 12.1 Å². The maximum absolute atomic E-state index is 12.7. The van der Waals surface area contributed by atoms with E-state index in [2.05, 4.69) is 21.3 Å². The Hall–Kier alpha value is -2.61. The van der Waals surface area contributed by atoms with Gasteiger partial charge in [0.2, 0.25) is 0 Å². The first-order valence-electron chi connectivity index (χ1n) is 9.80. The zero-order valence-electron chi connectivity index (χ0n) is 16.0. The number of pyridine rings is 1. The van der Waals surface area contributed by atoms with Crippen molar-refractivity contribution in [1.29, 1.82) is 0 Å². The van der Waals surface area contributed by atoms with Gasteiger partial charge in [-0.3, -0.25) is 14.8 Å². The summed E-state index contributed by atoms with van der Waals surface area (Å²) in [5.41, 5.74) is 2.07. The van der Waals surface area contributed by atoms with Crippen LogP contribution in [0.1, 0.15) is 29.7 Å². The monoisotopic (exact) mass is 404 g/mol. The molecule has 4 rings (SSSR count). The molecule has 1 aromatic heterocycles. The number of amides is 2. The van der Waals surface area contributed by atoms with Crippen LogP contribution in [0.15, 0.2) is 42.6 Å². The lowest BCUT2D eigenvalue weighted by atomic mass is 10.0. The number of aromatic nitrogens is 1. The third-order valence-corrected chi connectivity index (χ3v) is 5.57. The number of urea groups is 1. The number of rotatable bonds is 3. The molecule has 0 aliphatic carbocycles. The number of nitrogens with zero attached hydrogens (tertiary/aromatic N) is 3. The van der Waals surface area contributed by atoms with Crippen LogP contribution in [0.5, 0.6) is 0 Å². The Balaban J connectivity index is 1.26. The number of benzene rings is 1. The molecular weight excluding hydrogens is 381 g/mol. The van der Waals surface area contributed by atoms with Gasteiger partial charge in [0.05, 0.1) is 0 Å². The number of para-hydroxylation sites is 1. The van der Waals surface area contributed by atoms with Crippen molar-refractivity contribution in [3.05, 3.63) is 59.4 Å². The van der Waals surface area contributed by atoms with Crippen LogP contribution in [-0.2, 0) is 19.1 Å². The number of alkyl halides is 3. The summed E-state index contributed by atoms with van der Waals surface area (Å²) in [5.74, 6) is 0. The van der Waals surface area contributed by atoms with Gasteiger partial charge in [-0.05, 0) is 42.5 Å². The minimum absolute atomic E-state index is 0.0552. The zero-order chi connectivity index (χ0) is 20.4. The zero-order valence-corrected chi connectivity index (χ0v) is 16.0. The maximum Gasteiger partial charge on any atom is 0.433 e. The molecule has 8 heteroatoms. The highest BCUT2D eigenvalue weighted by Gasteiger charge is 2.32. The second-order valence-corrected chi connectivity index (χ2v) is 7.58. The highest BCUT2D eigenvalue weighted by molar-refractivity contribution is 5.94. The second-order valence-electron chi connectivity index (χ2n) is 7.58. The van der Waals surface area contributed by atoms with Crippen molar-refractivity contribution in [2.24, 2.45) is 0 Å². The Labute approximate surface area is 167 Å². The average Bonchev–Trinajstić information content (AvgIpc) is 3.13. The molecule has 1 saturated heterocycles. The van der Waals surface area contributed by atoms with Gasteiger partial charge in [0.15, 0.2) is 0 Å². The van der Waals surface area contributed by atoms with Crippen LogP contribution in [0.4, 0.5) is 23.7 Å². The highest BCUT2D eigenvalue weighted by atomic mass is 19.4. The summed E-state index contributed by atoms with van der Waals surface area (Å²) in [4.78, 5) is 20.2. The minimum atomic E-state index is -4.41. The molecule has 1 aromatic carbocycles. The lowest BCUT2D eigenvalue weighted by molar-refractivity contribution is -0.141. The molecule has 0 spiro atoms. The van der Waals surface area contributed by atoms with Gasteiger partial charge in [0.1, 0.15) is 5.69 Å². The predicted octanol–water partition coefficient (Wildman–Crippen LogP) is 3.84. The summed E-state index contributed by atoms with van der Waals surface area (Å²) in [5, 5.41) is 3.13. The van der Waals surface area contributed by atoms with Crippen LogP contribution < -0.4 is 10.2 Å². The molecule has 0 saturated carbocycles. The smallest absolute Gasteiger partial charge is 0.335 e. The molecular formula is C21H23F3N4O. The fourth-order valence-electron chi connectivity index (χ4n) is 3.98. The number of hydrogen-bond acceptors (Lipinski definition) is 3. The van der Waals surface area contributed by atoms with Crippen molar-refractivity contribution < 1.29 is 18.0 Å². The Morgan fingerprint density at radius 2 is 1.86 bits per heavy atom. The Morgan fingerprint density at radius 3 is 2.55 bits per heavy atom. The van der Waals surface area contributed by atoms with Crippen LogP contribution in [-0.4, -0.2) is 41.6 Å². The quantitative estimate of drug-likeness (QED) is 0.846. The number of likely N-dealkylation sites (tertiary alicyclic amines) is 1. The van der Waals surface area contributed by atoms with Crippen LogP contribution in [0, 0.1) is 0 Å². The summed E-state index contributed by atoms with van der Waals surface area (Å²) < 4.78 is 37.8. The van der Waals surface area contributed by atoms with Crippen molar-refractivity contribution in [2.75, 3.05) is 24.5 Å². The van der Waals surface area contributed by atoms with Gasteiger partial charge < -0.3 is 5.32 Å². The van der Waals surface area contributed by atoms with Crippen molar-refractivity contribution in [2.45, 2.75) is 38.0 Å². The van der Waals surface area contributed by atoms with E-state index in [4.69, 9.17) is 0 Å². The van der Waals surface area contributed by atoms with Gasteiger partial charge in [0, 0.05) is 44.1 Å². The lowest BCUT2D eigenvalue weighted by Crippen LogP contribution is -2.48. The fraction of sp³-hybridized carbons (Fsp3) is 0.429. The van der Waals surface area contributed by atoms with Crippen molar-refractivity contribution >= 4 is 11.7 Å². The van der Waals surface area contributed by atoms with Crippen LogP contribution in [0.2, 0.25) is 0 Å². The molecule has 0 bridgehead atoms. The van der Waals surface area contributed by atoms with Crippen LogP contribution >= 0.6 is 0 Å². The van der Waals surface area contributed by atoms with Crippen molar-refractivity contribution in [3.8, 4) is 0 Å². The third kappa shape index (κ3) is 4.53. The van der Waals surface area contributed by atoms with Gasteiger partial charge in [-0.1, -0.05) is 24.3 Å². The van der Waals surface area contributed by atoms with E-state index in [1.165, 1.54) is 17.8 Å². The molecule has 2 aliphatic heterocycles. The number of hydrogen-bond donors (Lipinski definition) is 1. The van der Waals surface area contributed by atoms with Crippen molar-refractivity contribution in [3.63, 3.8) is 0 Å². The molecule has 3 heterocycles. The van der Waals surface area contributed by atoms with Crippen molar-refractivity contribution in [1.82, 2.24) is 15.2 Å².